The zero-order chi connectivity index (χ0) is 23.6. The molecule has 0 aliphatic carbocycles. The van der Waals surface area contributed by atoms with Gasteiger partial charge < -0.3 is 9.47 Å². The van der Waals surface area contributed by atoms with Gasteiger partial charge in [0.1, 0.15) is 5.75 Å². The maximum atomic E-state index is 13.6. The second kappa shape index (κ2) is 9.04. The summed E-state index contributed by atoms with van der Waals surface area (Å²) in [7, 11) is -6.61. The highest BCUT2D eigenvalue weighted by molar-refractivity contribution is 14.1. The summed E-state index contributed by atoms with van der Waals surface area (Å²) in [6.07, 6.45) is -10.6. The molecule has 2 aromatic rings. The van der Waals surface area contributed by atoms with Crippen molar-refractivity contribution in [3.63, 3.8) is 0 Å². The number of hydrogen-bond acceptors (Lipinski definition) is 6. The van der Waals surface area contributed by atoms with E-state index in [1.54, 1.807) is 12.1 Å². The van der Waals surface area contributed by atoms with Crippen LogP contribution in [0.2, 0.25) is 0 Å². The van der Waals surface area contributed by atoms with Crippen molar-refractivity contribution in [2.45, 2.75) is 17.5 Å². The minimum absolute atomic E-state index is 0.0136. The Balaban J connectivity index is 2.37. The summed E-state index contributed by atoms with van der Waals surface area (Å²) >= 11 is 1.97. The van der Waals surface area contributed by atoms with Crippen molar-refractivity contribution in [2.24, 2.45) is 0 Å². The first-order chi connectivity index (χ1) is 14.1. The molecule has 14 heteroatoms. The Kier molecular flexibility index (Phi) is 7.27. The van der Waals surface area contributed by atoms with E-state index in [9.17, 15) is 40.0 Å². The highest BCUT2D eigenvalue weighted by Crippen LogP contribution is 2.38. The van der Waals surface area contributed by atoms with Gasteiger partial charge in [-0.2, -0.15) is 30.4 Å². The first kappa shape index (κ1) is 24.9. The Labute approximate surface area is 185 Å². The minimum atomic E-state index is -6.61. The third-order valence-corrected chi connectivity index (χ3v) is 5.18. The Hall–Kier alpha value is -2.33. The molecular formula is C17H10F5IO7S. The third kappa shape index (κ3) is 5.88. The van der Waals surface area contributed by atoms with Crippen LogP contribution in [-0.2, 0) is 14.9 Å². The van der Waals surface area contributed by atoms with Gasteiger partial charge in [-0.05, 0) is 59.0 Å². The average Bonchev–Trinajstić information content (AvgIpc) is 2.65. The van der Waals surface area contributed by atoms with Crippen LogP contribution in [-0.4, -0.2) is 42.4 Å². The third-order valence-electron chi connectivity index (χ3n) is 3.56. The van der Waals surface area contributed by atoms with Crippen molar-refractivity contribution in [3.8, 4) is 5.75 Å². The molecule has 1 unspecified atom stereocenters. The van der Waals surface area contributed by atoms with E-state index >= 15 is 0 Å². The van der Waals surface area contributed by atoms with Gasteiger partial charge in [-0.15, -0.1) is 0 Å². The minimum Gasteiger partial charge on any atom is -0.441 e. The van der Waals surface area contributed by atoms with Crippen LogP contribution in [0, 0.1) is 3.57 Å². The molecule has 0 heterocycles. The summed E-state index contributed by atoms with van der Waals surface area (Å²) in [4.78, 5) is 24.5. The maximum Gasteiger partial charge on any atom is 0.432 e. The van der Waals surface area contributed by atoms with Gasteiger partial charge in [0.2, 0.25) is 0 Å². The normalized spacial score (nSPS) is 13.4. The molecule has 0 aliphatic rings. The Bertz CT molecular complexity index is 1080. The second-order valence-electron chi connectivity index (χ2n) is 5.75. The van der Waals surface area contributed by atoms with Crippen molar-refractivity contribution in [2.75, 3.05) is 0 Å². The van der Waals surface area contributed by atoms with Gasteiger partial charge in [-0.1, -0.05) is 12.1 Å². The number of halogens is 6. The Morgan fingerprint density at radius 3 is 1.84 bits per heavy atom. The SMILES string of the molecule is O=C(Oc1ccc(I)cc1)c1ccccc1C(=O)OC(C(F)(F)F)C(F)(F)S(=O)(=O)O. The lowest BCUT2D eigenvalue weighted by Crippen LogP contribution is -2.52. The molecule has 168 valence electrons. The highest BCUT2D eigenvalue weighted by Gasteiger charge is 2.66. The molecule has 31 heavy (non-hydrogen) atoms. The molecule has 7 nitrogen and oxygen atoms in total. The van der Waals surface area contributed by atoms with Crippen LogP contribution in [0.1, 0.15) is 20.7 Å². The van der Waals surface area contributed by atoms with E-state index in [2.05, 4.69) is 4.74 Å². The van der Waals surface area contributed by atoms with Crippen molar-refractivity contribution in [1.82, 2.24) is 0 Å². The number of rotatable bonds is 6. The molecule has 0 saturated heterocycles. The van der Waals surface area contributed by atoms with Crippen LogP contribution >= 0.6 is 22.6 Å². The summed E-state index contributed by atoms with van der Waals surface area (Å²) in [6.45, 7) is 0. The van der Waals surface area contributed by atoms with Crippen molar-refractivity contribution in [1.29, 1.82) is 0 Å². The van der Waals surface area contributed by atoms with E-state index in [1.807, 2.05) is 22.6 Å². The van der Waals surface area contributed by atoms with Gasteiger partial charge in [-0.3, -0.25) is 4.55 Å². The van der Waals surface area contributed by atoms with E-state index in [-0.39, 0.29) is 5.75 Å². The predicted octanol–water partition coefficient (Wildman–Crippen LogP) is 4.08. The molecule has 0 aromatic heterocycles. The first-order valence-electron chi connectivity index (χ1n) is 7.84. The highest BCUT2D eigenvalue weighted by atomic mass is 127. The van der Waals surface area contributed by atoms with Crippen LogP contribution < -0.4 is 4.74 Å². The number of esters is 2. The van der Waals surface area contributed by atoms with Gasteiger partial charge in [0.25, 0.3) is 6.10 Å². The number of alkyl halides is 5. The Morgan fingerprint density at radius 2 is 1.39 bits per heavy atom. The molecule has 0 radical (unpaired) electrons. The molecule has 0 aliphatic heterocycles. The molecule has 0 amide bonds. The summed E-state index contributed by atoms with van der Waals surface area (Å²) in [5.74, 6) is -3.31. The van der Waals surface area contributed by atoms with Crippen LogP contribution in [0.3, 0.4) is 0 Å². The summed E-state index contributed by atoms with van der Waals surface area (Å²) in [5, 5.41) is -5.91. The smallest absolute Gasteiger partial charge is 0.432 e. The standard InChI is InChI=1S/C17H10F5IO7S/c18-16(19,20)15(17(21,22)31(26,27)28)30-14(25)12-4-2-1-3-11(12)13(24)29-10-7-5-9(23)6-8-10/h1-8,15H,(H,26,27,28). The van der Waals surface area contributed by atoms with Gasteiger partial charge in [0.05, 0.1) is 11.1 Å². The van der Waals surface area contributed by atoms with E-state index < -0.39 is 50.7 Å². The molecule has 2 rings (SSSR count). The lowest BCUT2D eigenvalue weighted by molar-refractivity contribution is -0.248. The summed E-state index contributed by atoms with van der Waals surface area (Å²) < 4.78 is 105. The quantitative estimate of drug-likeness (QED) is 0.181. The number of hydrogen-bond donors (Lipinski definition) is 1. The first-order valence-corrected chi connectivity index (χ1v) is 10.4. The number of carbonyl (C=O) groups is 2. The molecule has 1 N–H and O–H groups in total. The topological polar surface area (TPSA) is 107 Å². The molecule has 2 aromatic carbocycles. The van der Waals surface area contributed by atoms with Crippen LogP contribution in [0.15, 0.2) is 48.5 Å². The largest absolute Gasteiger partial charge is 0.441 e. The number of benzene rings is 2. The lowest BCUT2D eigenvalue weighted by atomic mass is 10.1. The monoisotopic (exact) mass is 580 g/mol. The van der Waals surface area contributed by atoms with E-state index in [1.165, 1.54) is 18.2 Å². The lowest BCUT2D eigenvalue weighted by Gasteiger charge is -2.26. The zero-order valence-electron chi connectivity index (χ0n) is 14.8. The van der Waals surface area contributed by atoms with E-state index in [0.717, 1.165) is 21.8 Å². The van der Waals surface area contributed by atoms with Gasteiger partial charge >= 0.3 is 33.5 Å². The second-order valence-corrected chi connectivity index (χ2v) is 8.49. The molecule has 0 bridgehead atoms. The van der Waals surface area contributed by atoms with Crippen molar-refractivity contribution in [3.05, 3.63) is 63.2 Å². The predicted molar refractivity (Wildman–Crippen MR) is 102 cm³/mol. The van der Waals surface area contributed by atoms with Gasteiger partial charge in [0, 0.05) is 3.57 Å². The van der Waals surface area contributed by atoms with E-state index in [4.69, 9.17) is 9.29 Å². The summed E-state index contributed by atoms with van der Waals surface area (Å²) in [5.41, 5.74) is -1.54. The molecule has 0 spiro atoms. The zero-order valence-corrected chi connectivity index (χ0v) is 17.7. The average molecular weight is 580 g/mol. The molecule has 0 saturated carbocycles. The molecule has 0 fully saturated rings. The number of ether oxygens (including phenoxy) is 2. The fourth-order valence-electron chi connectivity index (χ4n) is 2.14. The van der Waals surface area contributed by atoms with Crippen LogP contribution in [0.4, 0.5) is 22.0 Å². The van der Waals surface area contributed by atoms with E-state index in [0.29, 0.717) is 0 Å². The Morgan fingerprint density at radius 1 is 0.903 bits per heavy atom. The molecule has 1 atom stereocenters. The fourth-order valence-corrected chi connectivity index (χ4v) is 2.95. The molecular weight excluding hydrogens is 570 g/mol. The number of carbonyl (C=O) groups excluding carboxylic acids is 2. The van der Waals surface area contributed by atoms with Gasteiger partial charge in [-0.25, -0.2) is 9.59 Å². The van der Waals surface area contributed by atoms with Crippen LogP contribution in [0.5, 0.6) is 5.75 Å². The summed E-state index contributed by atoms with van der Waals surface area (Å²) in [6, 6.07) is 9.92. The van der Waals surface area contributed by atoms with Crippen molar-refractivity contribution < 1.29 is 54.0 Å². The van der Waals surface area contributed by atoms with Gasteiger partial charge in [0.15, 0.2) is 0 Å². The van der Waals surface area contributed by atoms with Crippen molar-refractivity contribution >= 4 is 44.6 Å². The maximum absolute atomic E-state index is 13.6. The van der Waals surface area contributed by atoms with Crippen LogP contribution in [0.25, 0.3) is 0 Å². The fraction of sp³-hybridized carbons (Fsp3) is 0.176.